The first-order valence-corrected chi connectivity index (χ1v) is 7.66. The van der Waals surface area contributed by atoms with Gasteiger partial charge in [0.05, 0.1) is 6.54 Å². The van der Waals surface area contributed by atoms with Crippen molar-refractivity contribution in [2.75, 3.05) is 11.9 Å². The van der Waals surface area contributed by atoms with Crippen molar-refractivity contribution in [1.29, 1.82) is 0 Å². The van der Waals surface area contributed by atoms with E-state index in [9.17, 15) is 0 Å². The topological polar surface area (TPSA) is 24.4 Å². The summed E-state index contributed by atoms with van der Waals surface area (Å²) >= 11 is 0. The molecule has 0 bridgehead atoms. The zero-order valence-corrected chi connectivity index (χ0v) is 13.7. The Morgan fingerprint density at radius 2 is 1.90 bits per heavy atom. The number of nitrogens with one attached hydrogen (secondary N) is 1. The first kappa shape index (κ1) is 15.6. The van der Waals surface area contributed by atoms with Crippen LogP contribution in [0.5, 0.6) is 0 Å². The molecule has 2 nitrogen and oxygen atoms in total. The van der Waals surface area contributed by atoms with Crippen LogP contribution in [0.4, 0.5) is 5.69 Å². The molecule has 1 aliphatic rings. The predicted octanol–water partition coefficient (Wildman–Crippen LogP) is 4.99. The molecule has 0 radical (unpaired) electrons. The largest absolute Gasteiger partial charge is 0.359 e. The lowest BCUT2D eigenvalue weighted by Gasteiger charge is -2.19. The summed E-state index contributed by atoms with van der Waals surface area (Å²) in [6.45, 7) is 13.8. The Balaban J connectivity index is 1.92. The van der Waals surface area contributed by atoms with Crippen molar-refractivity contribution in [2.45, 2.75) is 40.5 Å². The van der Waals surface area contributed by atoms with Gasteiger partial charge in [-0.3, -0.25) is 4.99 Å². The first-order chi connectivity index (χ1) is 9.88. The monoisotopic (exact) mass is 282 g/mol. The van der Waals surface area contributed by atoms with Crippen LogP contribution in [0.3, 0.4) is 0 Å². The van der Waals surface area contributed by atoms with Crippen molar-refractivity contribution >= 4 is 11.4 Å². The standard InChI is InChI=1S/C19H26N2/c1-6-15-7-9-17(10-8-15)21-14(2)11-18-12-16(13-20-18)19(3,4)5/h7-10,12,21H,2,6,11,13H2,1,3-5H3. The molecule has 112 valence electrons. The Bertz CT molecular complexity index is 569. The minimum absolute atomic E-state index is 0.204. The van der Waals surface area contributed by atoms with Gasteiger partial charge in [0, 0.05) is 23.5 Å². The zero-order valence-electron chi connectivity index (χ0n) is 13.7. The minimum Gasteiger partial charge on any atom is -0.359 e. The second-order valence-electron chi connectivity index (χ2n) is 6.68. The Kier molecular flexibility index (Phi) is 4.66. The van der Waals surface area contributed by atoms with Crippen molar-refractivity contribution in [3.63, 3.8) is 0 Å². The van der Waals surface area contributed by atoms with E-state index in [0.29, 0.717) is 0 Å². The van der Waals surface area contributed by atoms with Gasteiger partial charge in [0.2, 0.25) is 0 Å². The molecule has 0 saturated heterocycles. The predicted molar refractivity (Wildman–Crippen MR) is 93.0 cm³/mol. The lowest BCUT2D eigenvalue weighted by molar-refractivity contribution is 0.499. The van der Waals surface area contributed by atoms with Crippen molar-refractivity contribution in [2.24, 2.45) is 10.4 Å². The summed E-state index contributed by atoms with van der Waals surface area (Å²) in [5.41, 5.74) is 6.17. The maximum absolute atomic E-state index is 4.62. The number of hydrogen-bond acceptors (Lipinski definition) is 2. The van der Waals surface area contributed by atoms with E-state index in [0.717, 1.165) is 36.5 Å². The van der Waals surface area contributed by atoms with Crippen LogP contribution in [0, 0.1) is 5.41 Å². The summed E-state index contributed by atoms with van der Waals surface area (Å²) in [5.74, 6) is 0. The van der Waals surface area contributed by atoms with Gasteiger partial charge < -0.3 is 5.32 Å². The number of hydrogen-bond donors (Lipinski definition) is 1. The molecule has 1 aromatic rings. The van der Waals surface area contributed by atoms with Gasteiger partial charge in [-0.25, -0.2) is 0 Å². The number of aryl methyl sites for hydroxylation is 1. The number of benzene rings is 1. The average molecular weight is 282 g/mol. The van der Waals surface area contributed by atoms with E-state index in [-0.39, 0.29) is 5.41 Å². The third kappa shape index (κ3) is 4.32. The van der Waals surface area contributed by atoms with Crippen molar-refractivity contribution < 1.29 is 0 Å². The smallest absolute Gasteiger partial charge is 0.0611 e. The van der Waals surface area contributed by atoms with E-state index in [1.807, 2.05) is 0 Å². The fourth-order valence-corrected chi connectivity index (χ4v) is 2.33. The molecule has 1 aliphatic heterocycles. The highest BCUT2D eigenvalue weighted by atomic mass is 14.9. The molecule has 1 aromatic carbocycles. The van der Waals surface area contributed by atoms with Gasteiger partial charge in [0.1, 0.15) is 0 Å². The molecule has 0 amide bonds. The van der Waals surface area contributed by atoms with Gasteiger partial charge in [-0.2, -0.15) is 0 Å². The highest BCUT2D eigenvalue weighted by molar-refractivity contribution is 5.99. The van der Waals surface area contributed by atoms with Gasteiger partial charge in [-0.15, -0.1) is 0 Å². The van der Waals surface area contributed by atoms with Gasteiger partial charge in [0.25, 0.3) is 0 Å². The third-order valence-electron chi connectivity index (χ3n) is 3.83. The molecule has 0 aromatic heterocycles. The lowest BCUT2D eigenvalue weighted by Crippen LogP contribution is -2.10. The van der Waals surface area contributed by atoms with Crippen LogP contribution in [-0.4, -0.2) is 12.3 Å². The fraction of sp³-hybridized carbons (Fsp3) is 0.421. The van der Waals surface area contributed by atoms with Crippen LogP contribution >= 0.6 is 0 Å². The summed E-state index contributed by atoms with van der Waals surface area (Å²) in [6.07, 6.45) is 4.08. The molecule has 0 spiro atoms. The van der Waals surface area contributed by atoms with Crippen LogP contribution in [0.2, 0.25) is 0 Å². The highest BCUT2D eigenvalue weighted by Gasteiger charge is 2.20. The Morgan fingerprint density at radius 3 is 2.43 bits per heavy atom. The van der Waals surface area contributed by atoms with E-state index in [1.165, 1.54) is 11.1 Å². The van der Waals surface area contributed by atoms with Gasteiger partial charge >= 0.3 is 0 Å². The third-order valence-corrected chi connectivity index (χ3v) is 3.83. The summed E-state index contributed by atoms with van der Waals surface area (Å²) in [7, 11) is 0. The molecule has 0 unspecified atom stereocenters. The number of allylic oxidation sites excluding steroid dienone is 2. The van der Waals surface area contributed by atoms with Gasteiger partial charge in [-0.1, -0.05) is 46.4 Å². The summed E-state index contributed by atoms with van der Waals surface area (Å²) in [4.78, 5) is 4.62. The van der Waals surface area contributed by atoms with Crippen molar-refractivity contribution in [3.8, 4) is 0 Å². The molecule has 1 N–H and O–H groups in total. The second-order valence-corrected chi connectivity index (χ2v) is 6.68. The molecule has 0 saturated carbocycles. The quantitative estimate of drug-likeness (QED) is 0.808. The zero-order chi connectivity index (χ0) is 15.5. The van der Waals surface area contributed by atoms with E-state index >= 15 is 0 Å². The number of anilines is 1. The molecule has 0 atom stereocenters. The fourth-order valence-electron chi connectivity index (χ4n) is 2.33. The van der Waals surface area contributed by atoms with Crippen LogP contribution in [-0.2, 0) is 6.42 Å². The van der Waals surface area contributed by atoms with E-state index in [1.54, 1.807) is 0 Å². The minimum atomic E-state index is 0.204. The van der Waals surface area contributed by atoms with Gasteiger partial charge in [-0.05, 0) is 41.2 Å². The second kappa shape index (κ2) is 6.30. The Morgan fingerprint density at radius 1 is 1.24 bits per heavy atom. The summed E-state index contributed by atoms with van der Waals surface area (Å²) < 4.78 is 0. The Hall–Kier alpha value is -1.83. The molecular formula is C19H26N2. The Labute approximate surface area is 128 Å². The van der Waals surface area contributed by atoms with Gasteiger partial charge in [0.15, 0.2) is 0 Å². The number of nitrogens with zero attached hydrogens (tertiary/aromatic N) is 1. The number of rotatable bonds is 5. The van der Waals surface area contributed by atoms with Crippen LogP contribution in [0.1, 0.15) is 39.7 Å². The summed E-state index contributed by atoms with van der Waals surface area (Å²) in [6, 6.07) is 8.52. The van der Waals surface area contributed by atoms with Crippen LogP contribution in [0.25, 0.3) is 0 Å². The molecule has 1 heterocycles. The summed E-state index contributed by atoms with van der Waals surface area (Å²) in [5, 5.41) is 3.37. The maximum atomic E-state index is 4.62. The molecule has 0 fully saturated rings. The molecule has 2 rings (SSSR count). The maximum Gasteiger partial charge on any atom is 0.0611 e. The van der Waals surface area contributed by atoms with Crippen molar-refractivity contribution in [3.05, 3.63) is 53.8 Å². The van der Waals surface area contributed by atoms with E-state index in [4.69, 9.17) is 0 Å². The molecule has 2 heteroatoms. The molecular weight excluding hydrogens is 256 g/mol. The molecule has 21 heavy (non-hydrogen) atoms. The lowest BCUT2D eigenvalue weighted by atomic mass is 9.86. The normalized spacial score (nSPS) is 14.7. The first-order valence-electron chi connectivity index (χ1n) is 7.66. The number of aliphatic imine (C=N–C) groups is 1. The van der Waals surface area contributed by atoms with Crippen molar-refractivity contribution in [1.82, 2.24) is 0 Å². The highest BCUT2D eigenvalue weighted by Crippen LogP contribution is 2.29. The SMILES string of the molecule is C=C(CC1=NCC(C(C)(C)C)=C1)Nc1ccc(CC)cc1. The van der Waals surface area contributed by atoms with Crippen LogP contribution in [0.15, 0.2) is 53.2 Å². The van der Waals surface area contributed by atoms with E-state index in [2.05, 4.69) is 74.9 Å². The van der Waals surface area contributed by atoms with Crippen LogP contribution < -0.4 is 5.32 Å². The molecule has 0 aliphatic carbocycles. The average Bonchev–Trinajstić information content (AvgIpc) is 2.88. The van der Waals surface area contributed by atoms with E-state index < -0.39 is 0 Å².